The van der Waals surface area contributed by atoms with Crippen molar-refractivity contribution in [1.82, 2.24) is 10.3 Å². The van der Waals surface area contributed by atoms with Crippen molar-refractivity contribution in [3.8, 4) is 0 Å². The number of hydrogen-bond donors (Lipinski definition) is 1. The zero-order valence-corrected chi connectivity index (χ0v) is 11.8. The molecule has 6 heteroatoms. The largest absolute Gasteiger partial charge is 0.343 e. The van der Waals surface area contributed by atoms with Gasteiger partial charge < -0.3 is 10.2 Å². The molecule has 2 amide bonds. The van der Waals surface area contributed by atoms with E-state index in [2.05, 4.69) is 10.3 Å². The van der Waals surface area contributed by atoms with Gasteiger partial charge in [0.25, 0.3) is 5.91 Å². The van der Waals surface area contributed by atoms with Crippen LogP contribution in [0.15, 0.2) is 42.7 Å². The molecule has 2 heterocycles. The summed E-state index contributed by atoms with van der Waals surface area (Å²) in [6.07, 6.45) is 3.16. The number of carbonyl (C=O) groups excluding carboxylic acids is 2. The average Bonchev–Trinajstić information content (AvgIpc) is 2.62. The number of fused-ring (bicyclic) bond motifs is 1. The van der Waals surface area contributed by atoms with Gasteiger partial charge in [0.1, 0.15) is 0 Å². The van der Waals surface area contributed by atoms with Crippen molar-refractivity contribution >= 4 is 29.1 Å². The second-order valence-corrected chi connectivity index (χ2v) is 5.05. The third-order valence-electron chi connectivity index (χ3n) is 3.33. The molecular weight excluding hydrogens is 290 g/mol. The van der Waals surface area contributed by atoms with Crippen LogP contribution in [0, 0.1) is 0 Å². The monoisotopic (exact) mass is 301 g/mol. The van der Waals surface area contributed by atoms with E-state index in [1.54, 1.807) is 41.4 Å². The summed E-state index contributed by atoms with van der Waals surface area (Å²) in [7, 11) is 0. The Hall–Kier alpha value is -2.40. The Morgan fingerprint density at radius 2 is 2.05 bits per heavy atom. The number of nitrogens with zero attached hydrogens (tertiary/aromatic N) is 2. The summed E-state index contributed by atoms with van der Waals surface area (Å²) in [6, 6.07) is 8.79. The van der Waals surface area contributed by atoms with Crippen LogP contribution < -0.4 is 10.2 Å². The molecule has 5 nitrogen and oxygen atoms in total. The fourth-order valence-electron chi connectivity index (χ4n) is 2.26. The van der Waals surface area contributed by atoms with Crippen molar-refractivity contribution < 1.29 is 9.59 Å². The maximum atomic E-state index is 12.3. The molecule has 0 fully saturated rings. The standard InChI is InChI=1S/C15H12ClN3O2/c16-12-7-17-6-5-10(12)9-19-13-4-2-1-3-11(13)15(21)18-8-14(19)20/h1-7H,8-9H2,(H,18,21). The van der Waals surface area contributed by atoms with Gasteiger partial charge in [-0.3, -0.25) is 14.6 Å². The number of benzene rings is 1. The van der Waals surface area contributed by atoms with Crippen LogP contribution in [0.25, 0.3) is 0 Å². The Morgan fingerprint density at radius 3 is 2.86 bits per heavy atom. The van der Waals surface area contributed by atoms with Gasteiger partial charge in [0, 0.05) is 12.4 Å². The number of nitrogens with one attached hydrogen (secondary N) is 1. The van der Waals surface area contributed by atoms with E-state index in [1.807, 2.05) is 0 Å². The number of halogens is 1. The van der Waals surface area contributed by atoms with E-state index in [-0.39, 0.29) is 18.4 Å². The number of rotatable bonds is 2. The third kappa shape index (κ3) is 2.60. The molecule has 1 N–H and O–H groups in total. The van der Waals surface area contributed by atoms with E-state index in [9.17, 15) is 9.59 Å². The molecule has 0 saturated heterocycles. The first-order chi connectivity index (χ1) is 10.2. The van der Waals surface area contributed by atoms with Crippen LogP contribution in [0.3, 0.4) is 0 Å². The minimum absolute atomic E-state index is 0.0315. The molecular formula is C15H12ClN3O2. The van der Waals surface area contributed by atoms with E-state index >= 15 is 0 Å². The Bertz CT molecular complexity index is 718. The van der Waals surface area contributed by atoms with Gasteiger partial charge in [0.15, 0.2) is 0 Å². The molecule has 1 aromatic heterocycles. The lowest BCUT2D eigenvalue weighted by Gasteiger charge is -2.22. The molecule has 106 valence electrons. The number of carbonyl (C=O) groups is 2. The van der Waals surface area contributed by atoms with Gasteiger partial charge in [0.05, 0.1) is 29.4 Å². The molecule has 1 aromatic carbocycles. The predicted molar refractivity (Wildman–Crippen MR) is 79.2 cm³/mol. The second-order valence-electron chi connectivity index (χ2n) is 4.65. The molecule has 21 heavy (non-hydrogen) atoms. The molecule has 0 spiro atoms. The van der Waals surface area contributed by atoms with Crippen molar-refractivity contribution in [2.45, 2.75) is 6.54 Å². The Morgan fingerprint density at radius 1 is 1.24 bits per heavy atom. The quantitative estimate of drug-likeness (QED) is 0.923. The van der Waals surface area contributed by atoms with Gasteiger partial charge in [-0.05, 0) is 23.8 Å². The van der Waals surface area contributed by atoms with E-state index in [0.29, 0.717) is 22.8 Å². The van der Waals surface area contributed by atoms with Gasteiger partial charge in [-0.25, -0.2) is 0 Å². The number of para-hydroxylation sites is 1. The van der Waals surface area contributed by atoms with Crippen molar-refractivity contribution in [3.05, 3.63) is 58.9 Å². The summed E-state index contributed by atoms with van der Waals surface area (Å²) in [5.41, 5.74) is 1.85. The topological polar surface area (TPSA) is 62.3 Å². The lowest BCUT2D eigenvalue weighted by Crippen LogP contribution is -2.36. The average molecular weight is 302 g/mol. The molecule has 2 aromatic rings. The van der Waals surface area contributed by atoms with Crippen molar-refractivity contribution in [2.24, 2.45) is 0 Å². The highest BCUT2D eigenvalue weighted by atomic mass is 35.5. The Kier molecular flexibility index (Phi) is 3.58. The number of anilines is 1. The maximum absolute atomic E-state index is 12.3. The first-order valence-corrected chi connectivity index (χ1v) is 6.80. The van der Waals surface area contributed by atoms with Gasteiger partial charge in [-0.1, -0.05) is 23.7 Å². The fourth-order valence-corrected chi connectivity index (χ4v) is 2.44. The normalized spacial score (nSPS) is 14.4. The molecule has 0 atom stereocenters. The van der Waals surface area contributed by atoms with E-state index in [0.717, 1.165) is 5.56 Å². The van der Waals surface area contributed by atoms with Crippen molar-refractivity contribution in [2.75, 3.05) is 11.4 Å². The van der Waals surface area contributed by atoms with Gasteiger partial charge in [0.2, 0.25) is 5.91 Å². The van der Waals surface area contributed by atoms with Crippen LogP contribution in [0.5, 0.6) is 0 Å². The highest BCUT2D eigenvalue weighted by Crippen LogP contribution is 2.26. The fraction of sp³-hybridized carbons (Fsp3) is 0.133. The zero-order valence-electron chi connectivity index (χ0n) is 11.0. The minimum atomic E-state index is -0.248. The molecule has 3 rings (SSSR count). The van der Waals surface area contributed by atoms with Crippen molar-refractivity contribution in [1.29, 1.82) is 0 Å². The van der Waals surface area contributed by atoms with E-state index in [4.69, 9.17) is 11.6 Å². The number of hydrogen-bond acceptors (Lipinski definition) is 3. The molecule has 0 bridgehead atoms. The van der Waals surface area contributed by atoms with Gasteiger partial charge >= 0.3 is 0 Å². The molecule has 0 unspecified atom stereocenters. The van der Waals surface area contributed by atoms with Crippen LogP contribution in [-0.4, -0.2) is 23.3 Å². The predicted octanol–water partition coefficient (Wildman–Crippen LogP) is 2.01. The molecule has 0 radical (unpaired) electrons. The second kappa shape index (κ2) is 5.54. The molecule has 1 aliphatic rings. The smallest absolute Gasteiger partial charge is 0.253 e. The first kappa shape index (κ1) is 13.6. The summed E-state index contributed by atoms with van der Waals surface area (Å²) in [5.74, 6) is -0.427. The summed E-state index contributed by atoms with van der Waals surface area (Å²) in [5, 5.41) is 3.10. The Labute approximate surface area is 126 Å². The zero-order chi connectivity index (χ0) is 14.8. The Balaban J connectivity index is 2.04. The van der Waals surface area contributed by atoms with Crippen molar-refractivity contribution in [3.63, 3.8) is 0 Å². The van der Waals surface area contributed by atoms with Crippen LogP contribution in [-0.2, 0) is 11.3 Å². The number of amides is 2. The highest BCUT2D eigenvalue weighted by Gasteiger charge is 2.26. The lowest BCUT2D eigenvalue weighted by atomic mass is 10.1. The van der Waals surface area contributed by atoms with E-state index < -0.39 is 0 Å². The van der Waals surface area contributed by atoms with Gasteiger partial charge in [-0.15, -0.1) is 0 Å². The van der Waals surface area contributed by atoms with Crippen LogP contribution >= 0.6 is 11.6 Å². The molecule has 0 aliphatic carbocycles. The molecule has 0 saturated carbocycles. The highest BCUT2D eigenvalue weighted by molar-refractivity contribution is 6.31. The molecule has 1 aliphatic heterocycles. The summed E-state index contributed by atoms with van der Waals surface area (Å²) >= 11 is 6.10. The summed E-state index contributed by atoms with van der Waals surface area (Å²) in [6.45, 7) is 0.266. The SMILES string of the molecule is O=C1NCC(=O)N(Cc2ccncc2Cl)c2ccccc21. The van der Waals surface area contributed by atoms with Crippen LogP contribution in [0.1, 0.15) is 15.9 Å². The van der Waals surface area contributed by atoms with E-state index in [1.165, 1.54) is 6.20 Å². The van der Waals surface area contributed by atoms with Crippen LogP contribution in [0.2, 0.25) is 5.02 Å². The van der Waals surface area contributed by atoms with Crippen LogP contribution in [0.4, 0.5) is 5.69 Å². The lowest BCUT2D eigenvalue weighted by molar-refractivity contribution is -0.117. The number of pyridine rings is 1. The summed E-state index contributed by atoms with van der Waals surface area (Å²) in [4.78, 5) is 29.8. The maximum Gasteiger partial charge on any atom is 0.253 e. The first-order valence-electron chi connectivity index (χ1n) is 6.43. The summed E-state index contributed by atoms with van der Waals surface area (Å²) < 4.78 is 0. The minimum Gasteiger partial charge on any atom is -0.343 e. The number of aromatic nitrogens is 1. The van der Waals surface area contributed by atoms with Gasteiger partial charge in [-0.2, -0.15) is 0 Å². The third-order valence-corrected chi connectivity index (χ3v) is 3.67.